The maximum Gasteiger partial charge on any atom is 0.243 e. The van der Waals surface area contributed by atoms with E-state index in [0.29, 0.717) is 5.02 Å². The Morgan fingerprint density at radius 1 is 1.00 bits per heavy atom. The highest BCUT2D eigenvalue weighted by molar-refractivity contribution is 14.1. The number of anilines is 2. The van der Waals surface area contributed by atoms with E-state index in [1.807, 2.05) is 36.4 Å². The Labute approximate surface area is 130 Å². The predicted octanol–water partition coefficient (Wildman–Crippen LogP) is 4.00. The van der Waals surface area contributed by atoms with Gasteiger partial charge in [-0.25, -0.2) is 0 Å². The quantitative estimate of drug-likeness (QED) is 0.780. The molecule has 5 heteroatoms. The molecule has 0 bridgehead atoms. The number of carbonyl (C=O) groups is 1. The van der Waals surface area contributed by atoms with Crippen molar-refractivity contribution in [2.75, 3.05) is 17.2 Å². The molecule has 0 radical (unpaired) electrons. The van der Waals surface area contributed by atoms with Gasteiger partial charge in [0.25, 0.3) is 0 Å². The maximum absolute atomic E-state index is 11.7. The minimum atomic E-state index is -0.0869. The average Bonchev–Trinajstić information content (AvgIpc) is 2.41. The fraction of sp³-hybridized carbons (Fsp3) is 0.0714. The molecule has 2 N–H and O–H groups in total. The van der Waals surface area contributed by atoms with Gasteiger partial charge in [0.1, 0.15) is 0 Å². The standard InChI is InChI=1S/C14H12ClIN2O/c15-10-1-5-12(6-2-10)17-9-14(19)18-13-7-3-11(16)4-8-13/h1-8,17H,9H2,(H,18,19). The van der Waals surface area contributed by atoms with Gasteiger partial charge < -0.3 is 10.6 Å². The lowest BCUT2D eigenvalue weighted by Crippen LogP contribution is -2.21. The third kappa shape index (κ3) is 4.72. The van der Waals surface area contributed by atoms with Crippen molar-refractivity contribution in [3.05, 3.63) is 57.1 Å². The van der Waals surface area contributed by atoms with Crippen molar-refractivity contribution in [1.29, 1.82) is 0 Å². The largest absolute Gasteiger partial charge is 0.376 e. The van der Waals surface area contributed by atoms with Gasteiger partial charge in [0.15, 0.2) is 0 Å². The first kappa shape index (κ1) is 14.1. The molecule has 0 heterocycles. The Morgan fingerprint density at radius 3 is 2.21 bits per heavy atom. The summed E-state index contributed by atoms with van der Waals surface area (Å²) in [6, 6.07) is 14.9. The van der Waals surface area contributed by atoms with Gasteiger partial charge >= 0.3 is 0 Å². The molecule has 0 aromatic heterocycles. The summed E-state index contributed by atoms with van der Waals surface area (Å²) in [5.41, 5.74) is 1.66. The number of rotatable bonds is 4. The normalized spacial score (nSPS) is 10.0. The molecule has 0 saturated carbocycles. The fourth-order valence-electron chi connectivity index (χ4n) is 1.49. The highest BCUT2D eigenvalue weighted by Crippen LogP contribution is 2.13. The van der Waals surface area contributed by atoms with E-state index in [0.717, 1.165) is 14.9 Å². The molecule has 0 spiro atoms. The van der Waals surface area contributed by atoms with Crippen molar-refractivity contribution >= 4 is 51.5 Å². The van der Waals surface area contributed by atoms with Crippen LogP contribution < -0.4 is 10.6 Å². The lowest BCUT2D eigenvalue weighted by molar-refractivity contribution is -0.114. The van der Waals surface area contributed by atoms with Gasteiger partial charge in [-0.2, -0.15) is 0 Å². The first-order valence-corrected chi connectivity index (χ1v) is 7.14. The zero-order chi connectivity index (χ0) is 13.7. The molecule has 0 saturated heterocycles. The topological polar surface area (TPSA) is 41.1 Å². The summed E-state index contributed by atoms with van der Waals surface area (Å²) in [5, 5.41) is 6.53. The van der Waals surface area contributed by atoms with Crippen molar-refractivity contribution in [3.63, 3.8) is 0 Å². The minimum absolute atomic E-state index is 0.0869. The molecule has 3 nitrogen and oxygen atoms in total. The summed E-state index contributed by atoms with van der Waals surface area (Å²) in [6.07, 6.45) is 0. The van der Waals surface area contributed by atoms with Crippen LogP contribution in [-0.2, 0) is 4.79 Å². The molecule has 0 aliphatic heterocycles. The predicted molar refractivity (Wildman–Crippen MR) is 87.7 cm³/mol. The molecule has 0 aliphatic rings. The van der Waals surface area contributed by atoms with Crippen LogP contribution in [0.15, 0.2) is 48.5 Å². The number of hydrogen-bond acceptors (Lipinski definition) is 2. The van der Waals surface area contributed by atoms with Crippen molar-refractivity contribution in [1.82, 2.24) is 0 Å². The number of hydrogen-bond donors (Lipinski definition) is 2. The molecule has 2 aromatic carbocycles. The molecule has 98 valence electrons. The summed E-state index contributed by atoms with van der Waals surface area (Å²) < 4.78 is 1.13. The van der Waals surface area contributed by atoms with E-state index >= 15 is 0 Å². The molecule has 19 heavy (non-hydrogen) atoms. The highest BCUT2D eigenvalue weighted by Gasteiger charge is 2.02. The number of carbonyl (C=O) groups excluding carboxylic acids is 1. The third-order valence-corrected chi connectivity index (χ3v) is 3.40. The highest BCUT2D eigenvalue weighted by atomic mass is 127. The Kier molecular flexibility index (Phi) is 5.04. The van der Waals surface area contributed by atoms with Gasteiger partial charge in [0.2, 0.25) is 5.91 Å². The van der Waals surface area contributed by atoms with Crippen LogP contribution >= 0.6 is 34.2 Å². The molecule has 2 rings (SSSR count). The number of amides is 1. The van der Waals surface area contributed by atoms with Crippen molar-refractivity contribution in [2.45, 2.75) is 0 Å². The van der Waals surface area contributed by atoms with Gasteiger partial charge in [0.05, 0.1) is 6.54 Å². The van der Waals surface area contributed by atoms with E-state index < -0.39 is 0 Å². The maximum atomic E-state index is 11.7. The molecular weight excluding hydrogens is 375 g/mol. The van der Waals surface area contributed by atoms with E-state index in [4.69, 9.17) is 11.6 Å². The molecule has 0 unspecified atom stereocenters. The van der Waals surface area contributed by atoms with Gasteiger partial charge in [0, 0.05) is 20.0 Å². The van der Waals surface area contributed by atoms with Crippen LogP contribution in [0.25, 0.3) is 0 Å². The molecule has 1 amide bonds. The first-order chi connectivity index (χ1) is 9.13. The Bertz CT molecular complexity index is 555. The SMILES string of the molecule is O=C(CNc1ccc(Cl)cc1)Nc1ccc(I)cc1. The van der Waals surface area contributed by atoms with Crippen LogP contribution in [0.5, 0.6) is 0 Å². The molecule has 0 atom stereocenters. The van der Waals surface area contributed by atoms with Crippen molar-refractivity contribution < 1.29 is 4.79 Å². The zero-order valence-corrected chi connectivity index (χ0v) is 12.9. The summed E-state index contributed by atoms with van der Waals surface area (Å²) in [4.78, 5) is 11.7. The number of nitrogens with one attached hydrogen (secondary N) is 2. The van der Waals surface area contributed by atoms with E-state index in [1.165, 1.54) is 0 Å². The lowest BCUT2D eigenvalue weighted by atomic mass is 10.3. The molecule has 0 fully saturated rings. The second-order valence-corrected chi connectivity index (χ2v) is 5.60. The van der Waals surface area contributed by atoms with E-state index in [1.54, 1.807) is 12.1 Å². The van der Waals surface area contributed by atoms with Gasteiger partial charge in [-0.1, -0.05) is 11.6 Å². The lowest BCUT2D eigenvalue weighted by Gasteiger charge is -2.08. The van der Waals surface area contributed by atoms with E-state index in [9.17, 15) is 4.79 Å². The molecule has 2 aromatic rings. The number of benzene rings is 2. The fourth-order valence-corrected chi connectivity index (χ4v) is 1.97. The van der Waals surface area contributed by atoms with Crippen molar-refractivity contribution in [2.24, 2.45) is 0 Å². The Morgan fingerprint density at radius 2 is 1.58 bits per heavy atom. The van der Waals surface area contributed by atoms with E-state index in [2.05, 4.69) is 33.2 Å². The molecule has 0 aliphatic carbocycles. The van der Waals surface area contributed by atoms with E-state index in [-0.39, 0.29) is 12.5 Å². The third-order valence-electron chi connectivity index (χ3n) is 2.43. The van der Waals surface area contributed by atoms with Crippen LogP contribution in [0.3, 0.4) is 0 Å². The van der Waals surface area contributed by atoms with Crippen LogP contribution in [-0.4, -0.2) is 12.5 Å². The summed E-state index contributed by atoms with van der Waals surface area (Å²) >= 11 is 8.01. The van der Waals surface area contributed by atoms with Crippen LogP contribution in [0.1, 0.15) is 0 Å². The Balaban J connectivity index is 1.84. The van der Waals surface area contributed by atoms with Gasteiger partial charge in [-0.05, 0) is 71.1 Å². The number of halogens is 2. The Hall–Kier alpha value is -1.27. The second kappa shape index (κ2) is 6.77. The summed E-state index contributed by atoms with van der Waals surface area (Å²) in [5.74, 6) is -0.0869. The average molecular weight is 387 g/mol. The molecular formula is C14H12ClIN2O. The second-order valence-electron chi connectivity index (χ2n) is 3.92. The smallest absolute Gasteiger partial charge is 0.243 e. The monoisotopic (exact) mass is 386 g/mol. The zero-order valence-electron chi connectivity index (χ0n) is 9.99. The van der Waals surface area contributed by atoms with Gasteiger partial charge in [-0.15, -0.1) is 0 Å². The van der Waals surface area contributed by atoms with Crippen LogP contribution in [0.4, 0.5) is 11.4 Å². The summed E-state index contributed by atoms with van der Waals surface area (Å²) in [6.45, 7) is 0.216. The van der Waals surface area contributed by atoms with Crippen molar-refractivity contribution in [3.8, 4) is 0 Å². The first-order valence-electron chi connectivity index (χ1n) is 5.68. The summed E-state index contributed by atoms with van der Waals surface area (Å²) in [7, 11) is 0. The van der Waals surface area contributed by atoms with Gasteiger partial charge in [-0.3, -0.25) is 4.79 Å². The van der Waals surface area contributed by atoms with Crippen LogP contribution in [0.2, 0.25) is 5.02 Å². The minimum Gasteiger partial charge on any atom is -0.376 e. The van der Waals surface area contributed by atoms with Crippen LogP contribution in [0, 0.1) is 3.57 Å².